The zero-order valence-corrected chi connectivity index (χ0v) is 7.94. The Bertz CT molecular complexity index is 370. The van der Waals surface area contributed by atoms with Crippen molar-refractivity contribution in [3.8, 4) is 11.3 Å². The summed E-state index contributed by atoms with van der Waals surface area (Å²) >= 11 is 1.81. The Balaban J connectivity index is 2.54. The molecule has 0 saturated carbocycles. The monoisotopic (exact) mass is 178 g/mol. The van der Waals surface area contributed by atoms with E-state index in [1.807, 2.05) is 23.5 Å². The minimum absolute atomic E-state index is 0.969. The van der Waals surface area contributed by atoms with Gasteiger partial charge in [0.15, 0.2) is 0 Å². The first-order valence-electron chi connectivity index (χ1n) is 3.88. The maximum Gasteiger partial charge on any atom is 0.134 e. The lowest BCUT2D eigenvalue weighted by molar-refractivity contribution is 0.582. The van der Waals surface area contributed by atoms with Gasteiger partial charge in [0.1, 0.15) is 5.76 Å². The summed E-state index contributed by atoms with van der Waals surface area (Å²) in [5, 5.41) is 0. The average Bonchev–Trinajstić information content (AvgIpc) is 2.58. The van der Waals surface area contributed by atoms with Gasteiger partial charge in [-0.05, 0) is 32.0 Å². The predicted molar refractivity (Wildman–Crippen MR) is 51.5 cm³/mol. The molecule has 0 aromatic carbocycles. The molecule has 0 bridgehead atoms. The van der Waals surface area contributed by atoms with E-state index < -0.39 is 0 Å². The Kier molecular flexibility index (Phi) is 1.77. The van der Waals surface area contributed by atoms with Gasteiger partial charge in [-0.2, -0.15) is 0 Å². The lowest BCUT2D eigenvalue weighted by atomic mass is 10.2. The normalized spacial score (nSPS) is 10.5. The summed E-state index contributed by atoms with van der Waals surface area (Å²) in [4.78, 5) is 2.65. The van der Waals surface area contributed by atoms with Crippen LogP contribution in [0.5, 0.6) is 0 Å². The number of hydrogen-bond acceptors (Lipinski definition) is 2. The fourth-order valence-electron chi connectivity index (χ4n) is 1.31. The van der Waals surface area contributed by atoms with Gasteiger partial charge in [-0.3, -0.25) is 0 Å². The average molecular weight is 178 g/mol. The Morgan fingerprint density at radius 3 is 2.67 bits per heavy atom. The Hall–Kier alpha value is -1.02. The molecule has 2 rings (SSSR count). The highest BCUT2D eigenvalue weighted by molar-refractivity contribution is 7.12. The molecule has 2 aromatic heterocycles. The second-order valence-electron chi connectivity index (χ2n) is 2.80. The summed E-state index contributed by atoms with van der Waals surface area (Å²) in [6.45, 7) is 4.24. The van der Waals surface area contributed by atoms with Crippen molar-refractivity contribution in [2.75, 3.05) is 0 Å². The molecule has 0 aliphatic rings. The third-order valence-electron chi connectivity index (χ3n) is 1.83. The summed E-state index contributed by atoms with van der Waals surface area (Å²) < 4.78 is 5.32. The largest absolute Gasteiger partial charge is 0.464 e. The van der Waals surface area contributed by atoms with Gasteiger partial charge >= 0.3 is 0 Å². The van der Waals surface area contributed by atoms with Crippen molar-refractivity contribution in [1.82, 2.24) is 0 Å². The van der Waals surface area contributed by atoms with Gasteiger partial charge in [-0.25, -0.2) is 0 Å². The highest BCUT2D eigenvalue weighted by atomic mass is 32.1. The molecule has 0 atom stereocenters. The summed E-state index contributed by atoms with van der Waals surface area (Å²) in [6, 6.07) is 6.08. The third kappa shape index (κ3) is 1.18. The van der Waals surface area contributed by atoms with E-state index in [4.69, 9.17) is 4.42 Å². The lowest BCUT2D eigenvalue weighted by Gasteiger charge is -1.91. The van der Waals surface area contributed by atoms with Crippen LogP contribution in [0.2, 0.25) is 0 Å². The summed E-state index contributed by atoms with van der Waals surface area (Å²) in [5.74, 6) is 0.969. The van der Waals surface area contributed by atoms with Crippen molar-refractivity contribution >= 4 is 11.3 Å². The molecule has 2 heterocycles. The molecule has 0 radical (unpaired) electrons. The van der Waals surface area contributed by atoms with Crippen molar-refractivity contribution in [1.29, 1.82) is 0 Å². The minimum atomic E-state index is 0.969. The van der Waals surface area contributed by atoms with Crippen LogP contribution in [0.25, 0.3) is 11.3 Å². The highest BCUT2D eigenvalue weighted by Crippen LogP contribution is 2.30. The second kappa shape index (κ2) is 2.79. The lowest BCUT2D eigenvalue weighted by Crippen LogP contribution is -1.69. The summed E-state index contributed by atoms with van der Waals surface area (Å²) in [6.07, 6.45) is 1.71. The first-order valence-corrected chi connectivity index (χ1v) is 4.70. The molecule has 0 saturated heterocycles. The molecule has 0 amide bonds. The van der Waals surface area contributed by atoms with E-state index in [0.29, 0.717) is 0 Å². The van der Waals surface area contributed by atoms with Crippen molar-refractivity contribution in [3.05, 3.63) is 34.2 Å². The van der Waals surface area contributed by atoms with E-state index in [1.54, 1.807) is 6.26 Å². The van der Waals surface area contributed by atoms with Gasteiger partial charge in [0.05, 0.1) is 6.26 Å². The van der Waals surface area contributed by atoms with Gasteiger partial charge in [-0.15, -0.1) is 11.3 Å². The van der Waals surface area contributed by atoms with Crippen LogP contribution >= 0.6 is 11.3 Å². The number of thiophene rings is 1. The van der Waals surface area contributed by atoms with Crippen LogP contribution in [0.3, 0.4) is 0 Å². The predicted octanol–water partition coefficient (Wildman–Crippen LogP) is 3.62. The Morgan fingerprint density at radius 2 is 2.17 bits per heavy atom. The maximum absolute atomic E-state index is 5.32. The minimum Gasteiger partial charge on any atom is -0.464 e. The molecular formula is C10H10OS. The molecule has 12 heavy (non-hydrogen) atoms. The molecule has 0 spiro atoms. The number of rotatable bonds is 1. The number of furan rings is 1. The van der Waals surface area contributed by atoms with E-state index in [1.165, 1.54) is 15.3 Å². The first-order chi connectivity index (χ1) is 5.77. The molecular weight excluding hydrogens is 168 g/mol. The quantitative estimate of drug-likeness (QED) is 0.650. The van der Waals surface area contributed by atoms with Crippen LogP contribution in [0, 0.1) is 13.8 Å². The van der Waals surface area contributed by atoms with Crippen LogP contribution < -0.4 is 0 Å². The topological polar surface area (TPSA) is 13.1 Å². The molecule has 2 heteroatoms. The van der Waals surface area contributed by atoms with Crippen molar-refractivity contribution < 1.29 is 4.42 Å². The van der Waals surface area contributed by atoms with E-state index >= 15 is 0 Å². The molecule has 0 fully saturated rings. The number of aryl methyl sites for hydroxylation is 2. The van der Waals surface area contributed by atoms with Crippen LogP contribution in [0.4, 0.5) is 0 Å². The van der Waals surface area contributed by atoms with Crippen molar-refractivity contribution in [3.63, 3.8) is 0 Å². The molecule has 1 nitrogen and oxygen atoms in total. The van der Waals surface area contributed by atoms with Gasteiger partial charge < -0.3 is 4.42 Å². The Morgan fingerprint density at radius 1 is 1.33 bits per heavy atom. The van der Waals surface area contributed by atoms with Crippen molar-refractivity contribution in [2.24, 2.45) is 0 Å². The molecule has 0 N–H and O–H groups in total. The van der Waals surface area contributed by atoms with E-state index in [-0.39, 0.29) is 0 Å². The molecule has 0 aliphatic heterocycles. The Labute approximate surface area is 75.7 Å². The summed E-state index contributed by atoms with van der Waals surface area (Å²) in [5.41, 5.74) is 1.22. The molecule has 0 aliphatic carbocycles. The number of hydrogen-bond donors (Lipinski definition) is 0. The van der Waals surface area contributed by atoms with Gasteiger partial charge in [0.25, 0.3) is 0 Å². The smallest absolute Gasteiger partial charge is 0.134 e. The van der Waals surface area contributed by atoms with Gasteiger partial charge in [0, 0.05) is 15.3 Å². The molecule has 62 valence electrons. The van der Waals surface area contributed by atoms with Gasteiger partial charge in [-0.1, -0.05) is 0 Å². The van der Waals surface area contributed by atoms with Crippen LogP contribution in [-0.2, 0) is 0 Å². The second-order valence-corrected chi connectivity index (χ2v) is 4.26. The molecule has 0 unspecified atom stereocenters. The van der Waals surface area contributed by atoms with E-state index in [9.17, 15) is 0 Å². The highest BCUT2D eigenvalue weighted by Gasteiger charge is 2.06. The van der Waals surface area contributed by atoms with Crippen LogP contribution in [0.15, 0.2) is 28.9 Å². The summed E-state index contributed by atoms with van der Waals surface area (Å²) in [7, 11) is 0. The van der Waals surface area contributed by atoms with Crippen LogP contribution in [-0.4, -0.2) is 0 Å². The maximum atomic E-state index is 5.32. The zero-order chi connectivity index (χ0) is 8.55. The van der Waals surface area contributed by atoms with Crippen LogP contribution in [0.1, 0.15) is 9.75 Å². The SMILES string of the molecule is Cc1cc(-c2ccco2)c(C)s1. The standard InChI is InChI=1S/C10H10OS/c1-7-6-9(8(2)12-7)10-4-3-5-11-10/h3-6H,1-2H3. The fourth-order valence-corrected chi connectivity index (χ4v) is 2.24. The third-order valence-corrected chi connectivity index (χ3v) is 2.79. The fraction of sp³-hybridized carbons (Fsp3) is 0.200. The van der Waals surface area contributed by atoms with E-state index in [0.717, 1.165) is 5.76 Å². The zero-order valence-electron chi connectivity index (χ0n) is 7.13. The van der Waals surface area contributed by atoms with Crippen molar-refractivity contribution in [2.45, 2.75) is 13.8 Å². The van der Waals surface area contributed by atoms with Gasteiger partial charge in [0.2, 0.25) is 0 Å². The molecule has 2 aromatic rings. The van der Waals surface area contributed by atoms with E-state index in [2.05, 4.69) is 19.9 Å². The first kappa shape index (κ1) is 7.62.